The Morgan fingerprint density at radius 3 is 2.57 bits per heavy atom. The van der Waals surface area contributed by atoms with E-state index in [-0.39, 0.29) is 30.2 Å². The summed E-state index contributed by atoms with van der Waals surface area (Å²) in [6.07, 6.45) is 3.85. The molecule has 0 heterocycles. The molecule has 2 rings (SSSR count). The van der Waals surface area contributed by atoms with Gasteiger partial charge in [0.2, 0.25) is 0 Å². The van der Waals surface area contributed by atoms with Crippen LogP contribution < -0.4 is 10.1 Å². The Morgan fingerprint density at radius 2 is 1.95 bits per heavy atom. The fraction of sp³-hybridized carbons (Fsp3) is 0.533. The first kappa shape index (κ1) is 15.7. The SMILES string of the molecule is O=C(NC1CCCCC1CO)c1ccc(OC(F)F)cc1. The lowest BCUT2D eigenvalue weighted by atomic mass is 9.85. The van der Waals surface area contributed by atoms with Crippen LogP contribution in [0.1, 0.15) is 36.0 Å². The maximum Gasteiger partial charge on any atom is 0.387 e. The Balaban J connectivity index is 1.96. The van der Waals surface area contributed by atoms with E-state index < -0.39 is 6.61 Å². The fourth-order valence-electron chi connectivity index (χ4n) is 2.66. The fourth-order valence-corrected chi connectivity index (χ4v) is 2.66. The van der Waals surface area contributed by atoms with Gasteiger partial charge in [-0.2, -0.15) is 8.78 Å². The minimum atomic E-state index is -2.88. The van der Waals surface area contributed by atoms with Crippen molar-refractivity contribution in [2.24, 2.45) is 5.92 Å². The Morgan fingerprint density at radius 1 is 1.29 bits per heavy atom. The summed E-state index contributed by atoms with van der Waals surface area (Å²) < 4.78 is 28.3. The highest BCUT2D eigenvalue weighted by atomic mass is 19.3. The molecule has 0 saturated heterocycles. The third kappa shape index (κ3) is 4.39. The van der Waals surface area contributed by atoms with Gasteiger partial charge in [-0.3, -0.25) is 4.79 Å². The molecule has 2 atom stereocenters. The van der Waals surface area contributed by atoms with Gasteiger partial charge in [-0.1, -0.05) is 12.8 Å². The van der Waals surface area contributed by atoms with Crippen molar-refractivity contribution >= 4 is 5.91 Å². The van der Waals surface area contributed by atoms with Gasteiger partial charge in [0, 0.05) is 24.1 Å². The molecule has 4 nitrogen and oxygen atoms in total. The third-order valence-corrected chi connectivity index (χ3v) is 3.80. The van der Waals surface area contributed by atoms with E-state index in [1.54, 1.807) is 0 Å². The van der Waals surface area contributed by atoms with Gasteiger partial charge >= 0.3 is 6.61 Å². The summed E-state index contributed by atoms with van der Waals surface area (Å²) >= 11 is 0. The van der Waals surface area contributed by atoms with Gasteiger partial charge in [0.25, 0.3) is 5.91 Å². The average Bonchev–Trinajstić information content (AvgIpc) is 2.48. The van der Waals surface area contributed by atoms with E-state index in [0.717, 1.165) is 25.7 Å². The van der Waals surface area contributed by atoms with Crippen LogP contribution in [0.15, 0.2) is 24.3 Å². The summed E-state index contributed by atoms with van der Waals surface area (Å²) in [5.41, 5.74) is 0.388. The van der Waals surface area contributed by atoms with Crippen molar-refractivity contribution in [2.75, 3.05) is 6.61 Å². The second kappa shape index (κ2) is 7.36. The van der Waals surface area contributed by atoms with Crippen molar-refractivity contribution in [2.45, 2.75) is 38.3 Å². The van der Waals surface area contributed by atoms with Gasteiger partial charge in [0.05, 0.1) is 0 Å². The highest BCUT2D eigenvalue weighted by molar-refractivity contribution is 5.94. The first-order valence-electron chi connectivity index (χ1n) is 7.06. The smallest absolute Gasteiger partial charge is 0.387 e. The molecular formula is C15H19F2NO3. The van der Waals surface area contributed by atoms with Crippen molar-refractivity contribution in [3.63, 3.8) is 0 Å². The van der Waals surface area contributed by atoms with Gasteiger partial charge in [-0.05, 0) is 37.1 Å². The number of alkyl halides is 2. The zero-order chi connectivity index (χ0) is 15.2. The average molecular weight is 299 g/mol. The van der Waals surface area contributed by atoms with Crippen LogP contribution in [0.25, 0.3) is 0 Å². The molecule has 0 spiro atoms. The quantitative estimate of drug-likeness (QED) is 0.878. The lowest BCUT2D eigenvalue weighted by molar-refractivity contribution is -0.0498. The summed E-state index contributed by atoms with van der Waals surface area (Å²) in [7, 11) is 0. The molecule has 1 aromatic carbocycles. The number of hydrogen-bond donors (Lipinski definition) is 2. The molecule has 0 bridgehead atoms. The number of amides is 1. The van der Waals surface area contributed by atoms with Crippen molar-refractivity contribution in [3.8, 4) is 5.75 Å². The summed E-state index contributed by atoms with van der Waals surface area (Å²) in [6.45, 7) is -2.82. The Labute approximate surface area is 122 Å². The van der Waals surface area contributed by atoms with Crippen molar-refractivity contribution in [3.05, 3.63) is 29.8 Å². The third-order valence-electron chi connectivity index (χ3n) is 3.80. The van der Waals surface area contributed by atoms with Crippen LogP contribution in [0.3, 0.4) is 0 Å². The van der Waals surface area contributed by atoms with Crippen molar-refractivity contribution in [1.82, 2.24) is 5.32 Å². The number of halogens is 2. The number of carbonyl (C=O) groups is 1. The van der Waals surface area contributed by atoms with E-state index >= 15 is 0 Å². The van der Waals surface area contributed by atoms with Crippen molar-refractivity contribution in [1.29, 1.82) is 0 Å². The minimum Gasteiger partial charge on any atom is -0.435 e. The lowest BCUT2D eigenvalue weighted by Crippen LogP contribution is -2.43. The van der Waals surface area contributed by atoms with Crippen LogP contribution in [0.4, 0.5) is 8.78 Å². The molecule has 0 radical (unpaired) electrons. The van der Waals surface area contributed by atoms with Gasteiger partial charge < -0.3 is 15.2 Å². The van der Waals surface area contributed by atoms with Crippen LogP contribution in [0, 0.1) is 5.92 Å². The van der Waals surface area contributed by atoms with Gasteiger partial charge in [-0.25, -0.2) is 0 Å². The number of aliphatic hydroxyl groups excluding tert-OH is 1. The van der Waals surface area contributed by atoms with Crippen LogP contribution in [-0.4, -0.2) is 30.3 Å². The standard InChI is InChI=1S/C15H19F2NO3/c16-15(17)21-12-7-5-10(6-8-12)14(20)18-13-4-2-1-3-11(13)9-19/h5-8,11,13,15,19H,1-4,9H2,(H,18,20). The van der Waals surface area contributed by atoms with E-state index in [0.29, 0.717) is 5.56 Å². The predicted octanol–water partition coefficient (Wildman–Crippen LogP) is 2.57. The predicted molar refractivity (Wildman–Crippen MR) is 73.4 cm³/mol. The molecule has 1 aromatic rings. The van der Waals surface area contributed by atoms with Crippen LogP contribution in [0.2, 0.25) is 0 Å². The van der Waals surface area contributed by atoms with E-state index in [9.17, 15) is 18.7 Å². The highest BCUT2D eigenvalue weighted by Crippen LogP contribution is 2.24. The number of aliphatic hydroxyl groups is 1. The van der Waals surface area contributed by atoms with E-state index in [4.69, 9.17) is 0 Å². The Bertz CT molecular complexity index is 464. The zero-order valence-corrected chi connectivity index (χ0v) is 11.6. The Hall–Kier alpha value is -1.69. The molecule has 116 valence electrons. The van der Waals surface area contributed by atoms with Crippen LogP contribution in [0.5, 0.6) is 5.75 Å². The van der Waals surface area contributed by atoms with Gasteiger partial charge in [-0.15, -0.1) is 0 Å². The number of nitrogens with one attached hydrogen (secondary N) is 1. The molecule has 1 saturated carbocycles. The molecule has 0 aliphatic heterocycles. The second-order valence-corrected chi connectivity index (χ2v) is 5.21. The van der Waals surface area contributed by atoms with Crippen molar-refractivity contribution < 1.29 is 23.4 Å². The molecule has 21 heavy (non-hydrogen) atoms. The molecule has 2 unspecified atom stereocenters. The van der Waals surface area contributed by atoms with E-state index in [2.05, 4.69) is 10.1 Å². The normalized spacial score (nSPS) is 22.1. The summed E-state index contributed by atoms with van der Waals surface area (Å²) in [5, 5.41) is 12.2. The van der Waals surface area contributed by atoms with Gasteiger partial charge in [0.15, 0.2) is 0 Å². The maximum absolute atomic E-state index is 12.1. The molecule has 1 fully saturated rings. The molecule has 1 aliphatic rings. The summed E-state index contributed by atoms with van der Waals surface area (Å²) in [5.74, 6) is -0.152. The van der Waals surface area contributed by atoms with Crippen LogP contribution >= 0.6 is 0 Å². The second-order valence-electron chi connectivity index (χ2n) is 5.21. The van der Waals surface area contributed by atoms with Gasteiger partial charge in [0.1, 0.15) is 5.75 Å². The molecule has 6 heteroatoms. The molecule has 1 aliphatic carbocycles. The highest BCUT2D eigenvalue weighted by Gasteiger charge is 2.26. The monoisotopic (exact) mass is 299 g/mol. The summed E-state index contributed by atoms with van der Waals surface area (Å²) in [4.78, 5) is 12.1. The maximum atomic E-state index is 12.1. The van der Waals surface area contributed by atoms with E-state index in [1.807, 2.05) is 0 Å². The Kier molecular flexibility index (Phi) is 5.50. The number of hydrogen-bond acceptors (Lipinski definition) is 3. The summed E-state index contributed by atoms with van der Waals surface area (Å²) in [6, 6.07) is 5.54. The largest absolute Gasteiger partial charge is 0.435 e. The first-order valence-corrected chi connectivity index (χ1v) is 7.06. The van der Waals surface area contributed by atoms with Crippen LogP contribution in [-0.2, 0) is 0 Å². The number of benzene rings is 1. The minimum absolute atomic E-state index is 0.0208. The number of ether oxygens (including phenoxy) is 1. The lowest BCUT2D eigenvalue weighted by Gasteiger charge is -2.30. The van der Waals surface area contributed by atoms with E-state index in [1.165, 1.54) is 24.3 Å². The first-order chi connectivity index (χ1) is 10.1. The zero-order valence-electron chi connectivity index (χ0n) is 11.6. The topological polar surface area (TPSA) is 58.6 Å². The molecule has 2 N–H and O–H groups in total. The molecule has 1 amide bonds. The number of carbonyl (C=O) groups excluding carboxylic acids is 1. The number of rotatable bonds is 5. The molecular weight excluding hydrogens is 280 g/mol. The molecule has 0 aromatic heterocycles.